The first-order valence-electron chi connectivity index (χ1n) is 6.22. The van der Waals surface area contributed by atoms with E-state index in [1.165, 1.54) is 6.26 Å². The largest absolute Gasteiger partial charge is 0.481 e. The van der Waals surface area contributed by atoms with Gasteiger partial charge in [0.05, 0.1) is 11.8 Å². The van der Waals surface area contributed by atoms with Crippen LogP contribution in [0.4, 0.5) is 5.69 Å². The Morgan fingerprint density at radius 1 is 1.30 bits per heavy atom. The Bertz CT molecular complexity index is 630. The molecule has 0 aliphatic heterocycles. The van der Waals surface area contributed by atoms with Gasteiger partial charge in [0.2, 0.25) is 0 Å². The minimum Gasteiger partial charge on any atom is -0.481 e. The maximum absolute atomic E-state index is 12.0. The van der Waals surface area contributed by atoms with Crippen molar-refractivity contribution < 1.29 is 19.1 Å². The van der Waals surface area contributed by atoms with Gasteiger partial charge in [-0.05, 0) is 37.1 Å². The molecule has 1 aromatic heterocycles. The number of carbonyl (C=O) groups excluding carboxylic acids is 1. The molecule has 20 heavy (non-hydrogen) atoms. The van der Waals surface area contributed by atoms with Gasteiger partial charge >= 0.3 is 5.97 Å². The van der Waals surface area contributed by atoms with Crippen LogP contribution in [0, 0.1) is 6.92 Å². The maximum atomic E-state index is 12.0. The maximum Gasteiger partial charge on any atom is 0.303 e. The number of aliphatic carboxylic acids is 1. The summed E-state index contributed by atoms with van der Waals surface area (Å²) >= 11 is 0. The van der Waals surface area contributed by atoms with E-state index < -0.39 is 5.97 Å². The smallest absolute Gasteiger partial charge is 0.303 e. The van der Waals surface area contributed by atoms with Gasteiger partial charge < -0.3 is 14.8 Å². The molecule has 104 valence electrons. The molecule has 2 rings (SSSR count). The number of furan rings is 1. The van der Waals surface area contributed by atoms with Crippen molar-refractivity contribution >= 4 is 17.6 Å². The zero-order valence-corrected chi connectivity index (χ0v) is 11.1. The molecule has 1 heterocycles. The van der Waals surface area contributed by atoms with E-state index in [9.17, 15) is 9.59 Å². The van der Waals surface area contributed by atoms with E-state index in [4.69, 9.17) is 9.52 Å². The Morgan fingerprint density at radius 3 is 2.75 bits per heavy atom. The molecule has 0 radical (unpaired) electrons. The van der Waals surface area contributed by atoms with E-state index in [1.54, 1.807) is 31.2 Å². The fraction of sp³-hybridized carbons (Fsp3) is 0.200. The molecule has 2 N–H and O–H groups in total. The number of rotatable bonds is 5. The molecule has 0 saturated carbocycles. The molecule has 0 aliphatic carbocycles. The molecule has 0 saturated heterocycles. The summed E-state index contributed by atoms with van der Waals surface area (Å²) in [5.74, 6) is -0.523. The number of aryl methyl sites for hydroxylation is 2. The first kappa shape index (κ1) is 13.9. The molecule has 0 unspecified atom stereocenters. The van der Waals surface area contributed by atoms with E-state index >= 15 is 0 Å². The summed E-state index contributed by atoms with van der Waals surface area (Å²) < 4.78 is 5.09. The average molecular weight is 273 g/mol. The van der Waals surface area contributed by atoms with Crippen molar-refractivity contribution in [2.24, 2.45) is 0 Å². The third-order valence-electron chi connectivity index (χ3n) is 2.92. The predicted molar refractivity (Wildman–Crippen MR) is 73.8 cm³/mol. The molecule has 5 nitrogen and oxygen atoms in total. The topological polar surface area (TPSA) is 79.5 Å². The summed E-state index contributed by atoms with van der Waals surface area (Å²) in [5, 5.41) is 11.4. The molecule has 2 aromatic rings. The summed E-state index contributed by atoms with van der Waals surface area (Å²) in [7, 11) is 0. The lowest BCUT2D eigenvalue weighted by molar-refractivity contribution is -0.136. The quantitative estimate of drug-likeness (QED) is 0.877. The highest BCUT2D eigenvalue weighted by molar-refractivity contribution is 6.04. The van der Waals surface area contributed by atoms with E-state index in [2.05, 4.69) is 5.32 Å². The first-order valence-corrected chi connectivity index (χ1v) is 6.22. The standard InChI is InChI=1S/C15H15NO4/c1-10-13(7-8-20-10)15(19)16-12-4-2-3-11(9-12)5-6-14(17)18/h2-4,7-9H,5-6H2,1H3,(H,16,19)(H,17,18). The molecule has 0 spiro atoms. The number of hydrogen-bond acceptors (Lipinski definition) is 3. The number of amides is 1. The van der Waals surface area contributed by atoms with Gasteiger partial charge in [-0.1, -0.05) is 12.1 Å². The van der Waals surface area contributed by atoms with Crippen molar-refractivity contribution in [3.05, 3.63) is 53.5 Å². The Morgan fingerprint density at radius 2 is 2.10 bits per heavy atom. The van der Waals surface area contributed by atoms with Crippen LogP contribution in [0.2, 0.25) is 0 Å². The zero-order valence-electron chi connectivity index (χ0n) is 11.1. The van der Waals surface area contributed by atoms with Gasteiger partial charge in [-0.3, -0.25) is 9.59 Å². The number of carbonyl (C=O) groups is 2. The SMILES string of the molecule is Cc1occc1C(=O)Nc1cccc(CCC(=O)O)c1. The van der Waals surface area contributed by atoms with Crippen molar-refractivity contribution in [3.8, 4) is 0 Å². The van der Waals surface area contributed by atoms with Gasteiger partial charge in [0.1, 0.15) is 5.76 Å². The van der Waals surface area contributed by atoms with E-state index in [-0.39, 0.29) is 12.3 Å². The molecule has 1 amide bonds. The van der Waals surface area contributed by atoms with Crippen molar-refractivity contribution in [3.63, 3.8) is 0 Å². The van der Waals surface area contributed by atoms with Crippen LogP contribution in [0.5, 0.6) is 0 Å². The fourth-order valence-electron chi connectivity index (χ4n) is 1.87. The normalized spacial score (nSPS) is 10.2. The second kappa shape index (κ2) is 6.06. The van der Waals surface area contributed by atoms with E-state index in [0.717, 1.165) is 5.56 Å². The highest BCUT2D eigenvalue weighted by Crippen LogP contribution is 2.15. The van der Waals surface area contributed by atoms with Gasteiger partial charge in [0.25, 0.3) is 5.91 Å². The van der Waals surface area contributed by atoms with Crippen molar-refractivity contribution in [1.29, 1.82) is 0 Å². The van der Waals surface area contributed by atoms with Crippen LogP contribution in [-0.2, 0) is 11.2 Å². The molecule has 5 heteroatoms. The van der Waals surface area contributed by atoms with Crippen LogP contribution in [0.1, 0.15) is 28.1 Å². The predicted octanol–water partition coefficient (Wildman–Crippen LogP) is 2.86. The Labute approximate surface area is 116 Å². The second-order valence-corrected chi connectivity index (χ2v) is 4.44. The van der Waals surface area contributed by atoms with Gasteiger partial charge in [-0.25, -0.2) is 0 Å². The summed E-state index contributed by atoms with van der Waals surface area (Å²) in [6, 6.07) is 8.77. The number of carboxylic acid groups (broad SMARTS) is 1. The van der Waals surface area contributed by atoms with Gasteiger partial charge in [-0.2, -0.15) is 0 Å². The van der Waals surface area contributed by atoms with Crippen LogP contribution in [0.3, 0.4) is 0 Å². The molecular formula is C15H15NO4. The first-order chi connectivity index (χ1) is 9.56. The molecule has 1 aromatic carbocycles. The number of benzene rings is 1. The lowest BCUT2D eigenvalue weighted by Crippen LogP contribution is -2.12. The number of nitrogens with one attached hydrogen (secondary N) is 1. The third-order valence-corrected chi connectivity index (χ3v) is 2.92. The van der Waals surface area contributed by atoms with Crippen LogP contribution in [-0.4, -0.2) is 17.0 Å². The summed E-state index contributed by atoms with van der Waals surface area (Å²) in [4.78, 5) is 22.6. The number of carboxylic acids is 1. The molecular weight excluding hydrogens is 258 g/mol. The summed E-state index contributed by atoms with van der Waals surface area (Å²) in [5.41, 5.74) is 1.99. The van der Waals surface area contributed by atoms with Crippen LogP contribution >= 0.6 is 0 Å². The summed E-state index contributed by atoms with van der Waals surface area (Å²) in [6.07, 6.45) is 1.97. The molecule has 0 atom stereocenters. The highest BCUT2D eigenvalue weighted by Gasteiger charge is 2.11. The fourth-order valence-corrected chi connectivity index (χ4v) is 1.87. The molecule has 0 aliphatic rings. The van der Waals surface area contributed by atoms with Crippen molar-refractivity contribution in [1.82, 2.24) is 0 Å². The average Bonchev–Trinajstić information content (AvgIpc) is 2.83. The lowest BCUT2D eigenvalue weighted by Gasteiger charge is -2.06. The summed E-state index contributed by atoms with van der Waals surface area (Å²) in [6.45, 7) is 1.72. The number of hydrogen-bond donors (Lipinski definition) is 2. The molecule has 0 fully saturated rings. The minimum absolute atomic E-state index is 0.0677. The third kappa shape index (κ3) is 3.47. The van der Waals surface area contributed by atoms with Crippen LogP contribution in [0.15, 0.2) is 41.0 Å². The Kier molecular flexibility index (Phi) is 4.20. The van der Waals surface area contributed by atoms with Gasteiger partial charge in [0.15, 0.2) is 0 Å². The van der Waals surface area contributed by atoms with Gasteiger partial charge in [-0.15, -0.1) is 0 Å². The lowest BCUT2D eigenvalue weighted by atomic mass is 10.1. The second-order valence-electron chi connectivity index (χ2n) is 4.44. The zero-order chi connectivity index (χ0) is 14.5. The molecule has 0 bridgehead atoms. The Hall–Kier alpha value is -2.56. The van der Waals surface area contributed by atoms with Crippen molar-refractivity contribution in [2.75, 3.05) is 5.32 Å². The van der Waals surface area contributed by atoms with Crippen LogP contribution < -0.4 is 5.32 Å². The van der Waals surface area contributed by atoms with E-state index in [0.29, 0.717) is 23.4 Å². The van der Waals surface area contributed by atoms with Crippen molar-refractivity contribution in [2.45, 2.75) is 19.8 Å². The van der Waals surface area contributed by atoms with E-state index in [1.807, 2.05) is 6.07 Å². The van der Waals surface area contributed by atoms with Crippen LogP contribution in [0.25, 0.3) is 0 Å². The number of anilines is 1. The monoisotopic (exact) mass is 273 g/mol. The highest BCUT2D eigenvalue weighted by atomic mass is 16.4. The van der Waals surface area contributed by atoms with Gasteiger partial charge in [0, 0.05) is 12.1 Å². The minimum atomic E-state index is -0.839. The Balaban J connectivity index is 2.06.